The highest BCUT2D eigenvalue weighted by atomic mass is 32.1. The van der Waals surface area contributed by atoms with Crippen molar-refractivity contribution in [2.24, 2.45) is 0 Å². The van der Waals surface area contributed by atoms with Gasteiger partial charge in [-0.25, -0.2) is 9.78 Å². The predicted molar refractivity (Wildman–Crippen MR) is 101 cm³/mol. The summed E-state index contributed by atoms with van der Waals surface area (Å²) in [5, 5.41) is 5.92. The van der Waals surface area contributed by atoms with Crippen molar-refractivity contribution in [2.75, 3.05) is 13.1 Å². The van der Waals surface area contributed by atoms with Crippen LogP contribution in [0.5, 0.6) is 0 Å². The summed E-state index contributed by atoms with van der Waals surface area (Å²) in [4.78, 5) is 43.4. The number of aromatic nitrogens is 1. The predicted octanol–water partition coefficient (Wildman–Crippen LogP) is 1.86. The summed E-state index contributed by atoms with van der Waals surface area (Å²) in [6.45, 7) is 2.71. The maximum atomic E-state index is 12.9. The highest BCUT2D eigenvalue weighted by Crippen LogP contribution is 2.28. The number of urea groups is 1. The van der Waals surface area contributed by atoms with E-state index in [1.165, 1.54) is 11.3 Å². The van der Waals surface area contributed by atoms with E-state index in [2.05, 4.69) is 15.6 Å². The lowest BCUT2D eigenvalue weighted by atomic mass is 9.87. The Labute approximate surface area is 160 Å². The Morgan fingerprint density at radius 1 is 1.22 bits per heavy atom. The van der Waals surface area contributed by atoms with Gasteiger partial charge in [0.1, 0.15) is 10.4 Å². The number of likely N-dealkylation sites (tertiary alicyclic amines) is 1. The molecule has 2 aliphatic rings. The molecule has 2 aliphatic heterocycles. The number of hydrogen-bond donors (Lipinski definition) is 2. The quantitative estimate of drug-likeness (QED) is 0.790. The van der Waals surface area contributed by atoms with Gasteiger partial charge in [-0.15, -0.1) is 11.3 Å². The average molecular weight is 384 g/mol. The fraction of sp³-hybridized carbons (Fsp3) is 0.368. The molecule has 0 atom stereocenters. The monoisotopic (exact) mass is 384 g/mol. The molecule has 0 bridgehead atoms. The molecule has 2 fully saturated rings. The highest BCUT2D eigenvalue weighted by molar-refractivity contribution is 7.13. The largest absolute Gasteiger partial charge is 0.338 e. The van der Waals surface area contributed by atoms with Gasteiger partial charge in [-0.05, 0) is 25.3 Å². The number of rotatable bonds is 3. The normalized spacial score (nSPS) is 18.5. The molecule has 1 spiro atoms. The van der Waals surface area contributed by atoms with E-state index in [0.717, 1.165) is 16.3 Å². The van der Waals surface area contributed by atoms with E-state index in [-0.39, 0.29) is 11.8 Å². The molecule has 140 valence electrons. The average Bonchev–Trinajstić information content (AvgIpc) is 3.15. The van der Waals surface area contributed by atoms with Crippen molar-refractivity contribution in [3.63, 3.8) is 0 Å². The van der Waals surface area contributed by atoms with E-state index < -0.39 is 11.6 Å². The van der Waals surface area contributed by atoms with Crippen LogP contribution < -0.4 is 10.6 Å². The first kappa shape index (κ1) is 17.7. The van der Waals surface area contributed by atoms with Crippen LogP contribution in [0.1, 0.15) is 38.8 Å². The molecule has 2 saturated heterocycles. The van der Waals surface area contributed by atoms with Gasteiger partial charge in [0, 0.05) is 19.5 Å². The number of aryl methyl sites for hydroxylation is 1. The van der Waals surface area contributed by atoms with Crippen molar-refractivity contribution in [2.45, 2.75) is 31.7 Å². The number of piperidine rings is 1. The Morgan fingerprint density at radius 2 is 1.93 bits per heavy atom. The Balaban J connectivity index is 1.45. The number of imide groups is 1. The van der Waals surface area contributed by atoms with Gasteiger partial charge < -0.3 is 10.2 Å². The third-order valence-electron chi connectivity index (χ3n) is 5.15. The summed E-state index contributed by atoms with van der Waals surface area (Å²) in [6, 6.07) is 9.59. The first-order valence-corrected chi connectivity index (χ1v) is 9.72. The Bertz CT molecular complexity index is 901. The zero-order valence-corrected chi connectivity index (χ0v) is 15.8. The fourth-order valence-corrected chi connectivity index (χ4v) is 4.68. The maximum Gasteiger partial charge on any atom is 0.322 e. The second kappa shape index (κ2) is 6.77. The summed E-state index contributed by atoms with van der Waals surface area (Å²) >= 11 is 1.43. The molecule has 0 unspecified atom stereocenters. The molecule has 27 heavy (non-hydrogen) atoms. The van der Waals surface area contributed by atoms with E-state index in [1.54, 1.807) is 4.90 Å². The van der Waals surface area contributed by atoms with Crippen LogP contribution >= 0.6 is 11.3 Å². The van der Waals surface area contributed by atoms with Gasteiger partial charge in [-0.1, -0.05) is 30.3 Å². The number of amides is 4. The molecule has 2 aromatic rings. The second-order valence-electron chi connectivity index (χ2n) is 6.97. The molecule has 4 rings (SSSR count). The standard InChI is InChI=1S/C19H20N4O3S/c1-12-15(27-14(20-12)11-13-5-3-2-4-6-13)16(24)23-9-7-19(8-10-23)17(25)21-18(26)22-19/h2-6H,7-11H2,1H3,(H2,21,22,25,26). The Morgan fingerprint density at radius 3 is 2.56 bits per heavy atom. The molecule has 0 aliphatic carbocycles. The number of nitrogens with zero attached hydrogens (tertiary/aromatic N) is 2. The molecule has 0 saturated carbocycles. The van der Waals surface area contributed by atoms with Gasteiger partial charge in [0.2, 0.25) is 0 Å². The van der Waals surface area contributed by atoms with Crippen LogP contribution in [0.2, 0.25) is 0 Å². The van der Waals surface area contributed by atoms with Crippen LogP contribution in [0.3, 0.4) is 0 Å². The Hall–Kier alpha value is -2.74. The van der Waals surface area contributed by atoms with E-state index in [1.807, 2.05) is 37.3 Å². The van der Waals surface area contributed by atoms with E-state index in [9.17, 15) is 14.4 Å². The molecule has 8 heteroatoms. The second-order valence-corrected chi connectivity index (χ2v) is 8.05. The topological polar surface area (TPSA) is 91.4 Å². The number of nitrogens with one attached hydrogen (secondary N) is 2. The van der Waals surface area contributed by atoms with Crippen molar-refractivity contribution < 1.29 is 14.4 Å². The smallest absolute Gasteiger partial charge is 0.322 e. The third kappa shape index (κ3) is 3.32. The van der Waals surface area contributed by atoms with Gasteiger partial charge >= 0.3 is 6.03 Å². The van der Waals surface area contributed by atoms with Crippen molar-refractivity contribution in [1.29, 1.82) is 0 Å². The molecular formula is C19H20N4O3S. The molecule has 1 aromatic carbocycles. The van der Waals surface area contributed by atoms with Crippen molar-refractivity contribution in [3.05, 3.63) is 51.5 Å². The van der Waals surface area contributed by atoms with Crippen molar-refractivity contribution in [3.8, 4) is 0 Å². The molecule has 4 amide bonds. The van der Waals surface area contributed by atoms with Crippen LogP contribution in [-0.4, -0.2) is 46.4 Å². The van der Waals surface area contributed by atoms with E-state index in [0.29, 0.717) is 37.2 Å². The zero-order valence-electron chi connectivity index (χ0n) is 14.9. The Kier molecular flexibility index (Phi) is 4.43. The van der Waals surface area contributed by atoms with Crippen LogP contribution in [0, 0.1) is 6.92 Å². The minimum absolute atomic E-state index is 0.0520. The SMILES string of the molecule is Cc1nc(Cc2ccccc2)sc1C(=O)N1CCC2(CC1)NC(=O)NC2=O. The number of carbonyl (C=O) groups excluding carboxylic acids is 3. The highest BCUT2D eigenvalue weighted by Gasteiger charge is 2.48. The number of hydrogen-bond acceptors (Lipinski definition) is 5. The summed E-state index contributed by atoms with van der Waals surface area (Å²) in [6.07, 6.45) is 1.55. The molecule has 0 radical (unpaired) electrons. The van der Waals surface area contributed by atoms with Crippen LogP contribution in [0.15, 0.2) is 30.3 Å². The summed E-state index contributed by atoms with van der Waals surface area (Å²) in [5.74, 6) is -0.345. The fourth-order valence-electron chi connectivity index (χ4n) is 3.61. The number of carbonyl (C=O) groups is 3. The van der Waals surface area contributed by atoms with Crippen molar-refractivity contribution in [1.82, 2.24) is 20.5 Å². The van der Waals surface area contributed by atoms with Crippen LogP contribution in [-0.2, 0) is 11.2 Å². The first-order chi connectivity index (χ1) is 13.0. The van der Waals surface area contributed by atoms with Gasteiger partial charge in [0.25, 0.3) is 11.8 Å². The molecular weight excluding hydrogens is 364 g/mol. The van der Waals surface area contributed by atoms with Crippen LogP contribution in [0.4, 0.5) is 4.79 Å². The van der Waals surface area contributed by atoms with E-state index >= 15 is 0 Å². The summed E-state index contributed by atoms with van der Waals surface area (Å²) < 4.78 is 0. The minimum Gasteiger partial charge on any atom is -0.338 e. The summed E-state index contributed by atoms with van der Waals surface area (Å²) in [7, 11) is 0. The lowest BCUT2D eigenvalue weighted by Crippen LogP contribution is -2.55. The van der Waals surface area contributed by atoms with Gasteiger partial charge in [-0.3, -0.25) is 14.9 Å². The first-order valence-electron chi connectivity index (χ1n) is 8.90. The molecule has 3 heterocycles. The summed E-state index contributed by atoms with van der Waals surface area (Å²) in [5.41, 5.74) is 1.03. The van der Waals surface area contributed by atoms with Crippen molar-refractivity contribution >= 4 is 29.2 Å². The number of benzene rings is 1. The van der Waals surface area contributed by atoms with Gasteiger partial charge in [0.15, 0.2) is 0 Å². The minimum atomic E-state index is -0.866. The molecule has 1 aromatic heterocycles. The lowest BCUT2D eigenvalue weighted by Gasteiger charge is -2.36. The zero-order chi connectivity index (χ0) is 19.0. The van der Waals surface area contributed by atoms with Crippen LogP contribution in [0.25, 0.3) is 0 Å². The number of thiazole rings is 1. The van der Waals surface area contributed by atoms with Gasteiger partial charge in [-0.2, -0.15) is 0 Å². The third-order valence-corrected chi connectivity index (χ3v) is 6.30. The van der Waals surface area contributed by atoms with E-state index in [4.69, 9.17) is 0 Å². The van der Waals surface area contributed by atoms with Gasteiger partial charge in [0.05, 0.1) is 10.7 Å². The maximum absolute atomic E-state index is 12.9. The lowest BCUT2D eigenvalue weighted by molar-refractivity contribution is -0.125. The molecule has 7 nitrogen and oxygen atoms in total. The molecule has 2 N–H and O–H groups in total.